The Morgan fingerprint density at radius 1 is 1.20 bits per heavy atom. The summed E-state index contributed by atoms with van der Waals surface area (Å²) in [5.41, 5.74) is 1.38. The van der Waals surface area contributed by atoms with Crippen LogP contribution in [0.1, 0.15) is 17.0 Å². The molecule has 9 heteroatoms. The van der Waals surface area contributed by atoms with Crippen LogP contribution in [0.5, 0.6) is 5.75 Å². The average Bonchev–Trinajstić information content (AvgIpc) is 2.91. The number of carbonyl (C=O) groups is 1. The van der Waals surface area contributed by atoms with Gasteiger partial charge in [-0.2, -0.15) is 0 Å². The van der Waals surface area contributed by atoms with E-state index < -0.39 is 15.9 Å². The summed E-state index contributed by atoms with van der Waals surface area (Å²) in [6, 6.07) is 7.54. The number of sulfonamides is 1. The number of carbonyl (C=O) groups excluding carboxylic acids is 1. The lowest BCUT2D eigenvalue weighted by molar-refractivity contribution is -0.120. The quantitative estimate of drug-likeness (QED) is 0.676. The minimum absolute atomic E-state index is 0.0389. The first-order valence-electron chi connectivity index (χ1n) is 7.68. The Morgan fingerprint density at radius 3 is 2.48 bits per heavy atom. The van der Waals surface area contributed by atoms with E-state index >= 15 is 0 Å². The maximum atomic E-state index is 12.2. The van der Waals surface area contributed by atoms with E-state index in [0.717, 1.165) is 5.56 Å². The van der Waals surface area contributed by atoms with E-state index in [2.05, 4.69) is 15.2 Å². The first-order chi connectivity index (χ1) is 11.8. The summed E-state index contributed by atoms with van der Waals surface area (Å²) in [6.45, 7) is 5.17. The molecule has 2 rings (SSSR count). The highest BCUT2D eigenvalue weighted by molar-refractivity contribution is 7.89. The molecule has 0 radical (unpaired) electrons. The molecule has 1 aromatic heterocycles. The van der Waals surface area contributed by atoms with Crippen molar-refractivity contribution in [3.63, 3.8) is 0 Å². The predicted octanol–water partition coefficient (Wildman–Crippen LogP) is 1.07. The van der Waals surface area contributed by atoms with E-state index in [9.17, 15) is 13.2 Å². The minimum Gasteiger partial charge on any atom is -0.492 e. The zero-order valence-electron chi connectivity index (χ0n) is 14.3. The summed E-state index contributed by atoms with van der Waals surface area (Å²) in [4.78, 5) is 11.7. The third-order valence-corrected chi connectivity index (χ3v) is 5.02. The molecule has 0 fully saturated rings. The SMILES string of the molecule is Cc1ccc(OCCNC(=O)CNS(=O)(=O)c2c(C)noc2C)cc1. The van der Waals surface area contributed by atoms with Gasteiger partial charge in [-0.25, -0.2) is 13.1 Å². The lowest BCUT2D eigenvalue weighted by atomic mass is 10.2. The molecule has 0 atom stereocenters. The fourth-order valence-corrected chi connectivity index (χ4v) is 3.45. The Hall–Kier alpha value is -2.39. The number of aromatic nitrogens is 1. The van der Waals surface area contributed by atoms with Gasteiger partial charge in [-0.1, -0.05) is 22.9 Å². The Labute approximate surface area is 146 Å². The third kappa shape index (κ3) is 5.30. The first-order valence-corrected chi connectivity index (χ1v) is 9.16. The van der Waals surface area contributed by atoms with Crippen molar-refractivity contribution < 1.29 is 22.5 Å². The summed E-state index contributed by atoms with van der Waals surface area (Å²) in [5, 5.41) is 6.17. The van der Waals surface area contributed by atoms with Gasteiger partial charge in [-0.05, 0) is 32.9 Å². The normalized spacial score (nSPS) is 11.3. The average molecular weight is 367 g/mol. The monoisotopic (exact) mass is 367 g/mol. The Morgan fingerprint density at radius 2 is 1.88 bits per heavy atom. The van der Waals surface area contributed by atoms with Crippen LogP contribution in [0, 0.1) is 20.8 Å². The summed E-state index contributed by atoms with van der Waals surface area (Å²) in [6.07, 6.45) is 0. The molecule has 1 heterocycles. The van der Waals surface area contributed by atoms with Crippen molar-refractivity contribution in [1.29, 1.82) is 0 Å². The van der Waals surface area contributed by atoms with E-state index in [-0.39, 0.29) is 36.0 Å². The lowest BCUT2D eigenvalue weighted by Crippen LogP contribution is -2.38. The second-order valence-electron chi connectivity index (χ2n) is 5.49. The van der Waals surface area contributed by atoms with Gasteiger partial charge < -0.3 is 14.6 Å². The van der Waals surface area contributed by atoms with Crippen LogP contribution in [0.25, 0.3) is 0 Å². The van der Waals surface area contributed by atoms with Crippen LogP contribution in [0.3, 0.4) is 0 Å². The van der Waals surface area contributed by atoms with E-state index in [0.29, 0.717) is 5.75 Å². The highest BCUT2D eigenvalue weighted by Gasteiger charge is 2.24. The molecule has 1 amide bonds. The number of ether oxygens (including phenoxy) is 1. The Bertz CT molecular complexity index is 808. The van der Waals surface area contributed by atoms with Crippen LogP contribution in [0.4, 0.5) is 0 Å². The van der Waals surface area contributed by atoms with Crippen LogP contribution in [0.2, 0.25) is 0 Å². The second kappa shape index (κ2) is 8.13. The molecule has 2 N–H and O–H groups in total. The third-order valence-electron chi connectivity index (χ3n) is 3.37. The van der Waals surface area contributed by atoms with Gasteiger partial charge in [0.2, 0.25) is 15.9 Å². The van der Waals surface area contributed by atoms with E-state index in [1.807, 2.05) is 31.2 Å². The fourth-order valence-electron chi connectivity index (χ4n) is 2.15. The minimum atomic E-state index is -3.85. The van der Waals surface area contributed by atoms with Gasteiger partial charge in [0.1, 0.15) is 22.9 Å². The lowest BCUT2D eigenvalue weighted by Gasteiger charge is -2.09. The predicted molar refractivity (Wildman–Crippen MR) is 90.8 cm³/mol. The highest BCUT2D eigenvalue weighted by Crippen LogP contribution is 2.18. The molecule has 0 bridgehead atoms. The summed E-state index contributed by atoms with van der Waals surface area (Å²) < 4.78 is 36.9. The van der Waals surface area contributed by atoms with Crippen LogP contribution in [0.15, 0.2) is 33.7 Å². The summed E-state index contributed by atoms with van der Waals surface area (Å²) in [5.74, 6) is 0.429. The molecule has 0 aliphatic carbocycles. The standard InChI is InChI=1S/C16H21N3O5S/c1-11-4-6-14(7-5-11)23-9-8-17-15(20)10-18-25(21,22)16-12(2)19-24-13(16)3/h4-7,18H,8-10H2,1-3H3,(H,17,20). The van der Waals surface area contributed by atoms with Crippen molar-refractivity contribution >= 4 is 15.9 Å². The molecule has 8 nitrogen and oxygen atoms in total. The molecule has 0 saturated heterocycles. The summed E-state index contributed by atoms with van der Waals surface area (Å²) >= 11 is 0. The highest BCUT2D eigenvalue weighted by atomic mass is 32.2. The second-order valence-corrected chi connectivity index (χ2v) is 7.19. The molecule has 1 aromatic carbocycles. The number of hydrogen-bond donors (Lipinski definition) is 2. The van der Waals surface area contributed by atoms with Crippen molar-refractivity contribution in [2.45, 2.75) is 25.7 Å². The van der Waals surface area contributed by atoms with Crippen molar-refractivity contribution in [2.24, 2.45) is 0 Å². The smallest absolute Gasteiger partial charge is 0.246 e. The van der Waals surface area contributed by atoms with Crippen molar-refractivity contribution in [3.8, 4) is 5.75 Å². The maximum absolute atomic E-state index is 12.2. The number of amides is 1. The maximum Gasteiger partial charge on any atom is 0.246 e. The Balaban J connectivity index is 1.74. The number of aryl methyl sites for hydroxylation is 3. The van der Waals surface area contributed by atoms with Gasteiger partial charge in [-0.15, -0.1) is 0 Å². The molecule has 0 aliphatic rings. The van der Waals surface area contributed by atoms with Gasteiger partial charge >= 0.3 is 0 Å². The van der Waals surface area contributed by atoms with Crippen LogP contribution in [-0.2, 0) is 14.8 Å². The van der Waals surface area contributed by atoms with E-state index in [1.54, 1.807) is 0 Å². The molecule has 0 saturated carbocycles. The number of nitrogens with one attached hydrogen (secondary N) is 2. The molecule has 2 aromatic rings. The summed E-state index contributed by atoms with van der Waals surface area (Å²) in [7, 11) is -3.85. The molecule has 0 spiro atoms. The van der Waals surface area contributed by atoms with Crippen LogP contribution >= 0.6 is 0 Å². The van der Waals surface area contributed by atoms with Gasteiger partial charge in [-0.3, -0.25) is 4.79 Å². The topological polar surface area (TPSA) is 111 Å². The van der Waals surface area contributed by atoms with Crippen molar-refractivity contribution in [2.75, 3.05) is 19.7 Å². The molecule has 136 valence electrons. The number of nitrogens with zero attached hydrogens (tertiary/aromatic N) is 1. The number of hydrogen-bond acceptors (Lipinski definition) is 6. The molecular weight excluding hydrogens is 346 g/mol. The van der Waals surface area contributed by atoms with Crippen molar-refractivity contribution in [3.05, 3.63) is 41.3 Å². The first kappa shape index (κ1) is 18.9. The fraction of sp³-hybridized carbons (Fsp3) is 0.375. The zero-order valence-corrected chi connectivity index (χ0v) is 15.1. The molecule has 0 aliphatic heterocycles. The van der Waals surface area contributed by atoms with Crippen LogP contribution < -0.4 is 14.8 Å². The molecule has 25 heavy (non-hydrogen) atoms. The van der Waals surface area contributed by atoms with Gasteiger partial charge in [0.25, 0.3) is 0 Å². The van der Waals surface area contributed by atoms with Gasteiger partial charge in [0, 0.05) is 0 Å². The van der Waals surface area contributed by atoms with Crippen LogP contribution in [-0.4, -0.2) is 39.2 Å². The van der Waals surface area contributed by atoms with E-state index in [4.69, 9.17) is 9.26 Å². The number of benzene rings is 1. The number of rotatable bonds is 8. The largest absolute Gasteiger partial charge is 0.492 e. The molecule has 0 unspecified atom stereocenters. The van der Waals surface area contributed by atoms with E-state index in [1.165, 1.54) is 13.8 Å². The zero-order chi connectivity index (χ0) is 18.4. The Kier molecular flexibility index (Phi) is 6.16. The van der Waals surface area contributed by atoms with Gasteiger partial charge in [0.15, 0.2) is 5.76 Å². The van der Waals surface area contributed by atoms with Gasteiger partial charge in [0.05, 0.1) is 13.1 Å². The van der Waals surface area contributed by atoms with Crippen molar-refractivity contribution in [1.82, 2.24) is 15.2 Å². The molecular formula is C16H21N3O5S.